The minimum absolute atomic E-state index is 0.332. The topological polar surface area (TPSA) is 50.2 Å². The summed E-state index contributed by atoms with van der Waals surface area (Å²) in [6, 6.07) is 1.86. The number of carboxylic acid groups (broad SMARTS) is 1. The highest BCUT2D eigenvalue weighted by Gasteiger charge is 2.01. The normalized spacial score (nSPS) is 11.7. The molecule has 0 aliphatic rings. The number of nitrogens with zero attached hydrogens (tertiary/aromatic N) is 1. The van der Waals surface area contributed by atoms with Crippen molar-refractivity contribution in [3.8, 4) is 0 Å². The Morgan fingerprint density at radius 1 is 1.75 bits per heavy atom. The standard InChI is InChI=1S/C8H9NO2S/c1-5(8(10)11)3-7-4-6(2)9-12-7/h3-4H,1-2H3,(H,10,11). The molecule has 0 amide bonds. The molecule has 0 aromatic carbocycles. The molecule has 64 valence electrons. The average molecular weight is 183 g/mol. The van der Waals surface area contributed by atoms with Crippen LogP contribution in [0, 0.1) is 6.92 Å². The highest BCUT2D eigenvalue weighted by atomic mass is 32.1. The summed E-state index contributed by atoms with van der Waals surface area (Å²) in [4.78, 5) is 11.3. The van der Waals surface area contributed by atoms with Gasteiger partial charge in [-0.2, -0.15) is 4.37 Å². The van der Waals surface area contributed by atoms with E-state index in [9.17, 15) is 4.79 Å². The molecule has 4 heteroatoms. The van der Waals surface area contributed by atoms with Gasteiger partial charge in [0.05, 0.1) is 5.69 Å². The van der Waals surface area contributed by atoms with E-state index < -0.39 is 5.97 Å². The van der Waals surface area contributed by atoms with Gasteiger partial charge < -0.3 is 5.11 Å². The maximum absolute atomic E-state index is 10.4. The molecule has 0 aliphatic carbocycles. The van der Waals surface area contributed by atoms with Crippen LogP contribution in [-0.2, 0) is 4.79 Å². The summed E-state index contributed by atoms with van der Waals surface area (Å²) < 4.78 is 4.03. The molecule has 1 N–H and O–H groups in total. The van der Waals surface area contributed by atoms with Crippen molar-refractivity contribution in [2.45, 2.75) is 13.8 Å². The lowest BCUT2D eigenvalue weighted by molar-refractivity contribution is -0.132. The van der Waals surface area contributed by atoms with E-state index in [4.69, 9.17) is 5.11 Å². The number of aromatic nitrogens is 1. The fraction of sp³-hybridized carbons (Fsp3) is 0.250. The first-order valence-electron chi connectivity index (χ1n) is 3.44. The summed E-state index contributed by atoms with van der Waals surface area (Å²) >= 11 is 1.31. The molecule has 1 aromatic heterocycles. The van der Waals surface area contributed by atoms with E-state index in [1.807, 2.05) is 13.0 Å². The zero-order valence-corrected chi connectivity index (χ0v) is 7.68. The van der Waals surface area contributed by atoms with Gasteiger partial charge in [-0.3, -0.25) is 0 Å². The smallest absolute Gasteiger partial charge is 0.331 e. The first kappa shape index (κ1) is 8.93. The molecular weight excluding hydrogens is 174 g/mol. The van der Waals surface area contributed by atoms with E-state index >= 15 is 0 Å². The van der Waals surface area contributed by atoms with Gasteiger partial charge in [-0.25, -0.2) is 4.79 Å². The Hall–Kier alpha value is -1.16. The summed E-state index contributed by atoms with van der Waals surface area (Å²) in [5.41, 5.74) is 1.25. The van der Waals surface area contributed by atoms with Crippen LogP contribution in [-0.4, -0.2) is 15.4 Å². The fourth-order valence-corrected chi connectivity index (χ4v) is 1.48. The van der Waals surface area contributed by atoms with Crippen molar-refractivity contribution in [2.24, 2.45) is 0 Å². The lowest BCUT2D eigenvalue weighted by Crippen LogP contribution is -1.94. The van der Waals surface area contributed by atoms with E-state index in [0.717, 1.165) is 10.6 Å². The number of rotatable bonds is 2. The summed E-state index contributed by atoms with van der Waals surface area (Å²) in [6.45, 7) is 3.45. The third kappa shape index (κ3) is 2.17. The van der Waals surface area contributed by atoms with Gasteiger partial charge in [0.2, 0.25) is 0 Å². The van der Waals surface area contributed by atoms with Crippen molar-refractivity contribution >= 4 is 23.6 Å². The average Bonchev–Trinajstić information content (AvgIpc) is 2.35. The van der Waals surface area contributed by atoms with Crippen molar-refractivity contribution in [2.75, 3.05) is 0 Å². The predicted octanol–water partition coefficient (Wildman–Crippen LogP) is 1.94. The van der Waals surface area contributed by atoms with Crippen LogP contribution in [0.2, 0.25) is 0 Å². The lowest BCUT2D eigenvalue weighted by Gasteiger charge is -1.88. The Labute approximate surface area is 74.5 Å². The van der Waals surface area contributed by atoms with Gasteiger partial charge in [0.15, 0.2) is 0 Å². The van der Waals surface area contributed by atoms with E-state index in [1.54, 1.807) is 13.0 Å². The van der Waals surface area contributed by atoms with Gasteiger partial charge >= 0.3 is 5.97 Å². The number of hydrogen-bond acceptors (Lipinski definition) is 3. The minimum Gasteiger partial charge on any atom is -0.478 e. The highest BCUT2D eigenvalue weighted by Crippen LogP contribution is 2.13. The number of hydrogen-bond donors (Lipinski definition) is 1. The molecule has 0 unspecified atom stereocenters. The van der Waals surface area contributed by atoms with Gasteiger partial charge in [0.25, 0.3) is 0 Å². The minimum atomic E-state index is -0.888. The molecule has 0 bridgehead atoms. The van der Waals surface area contributed by atoms with Crippen molar-refractivity contribution in [1.29, 1.82) is 0 Å². The van der Waals surface area contributed by atoms with Gasteiger partial charge in [0, 0.05) is 10.5 Å². The van der Waals surface area contributed by atoms with E-state index in [0.29, 0.717) is 5.57 Å². The van der Waals surface area contributed by atoms with Crippen LogP contribution in [0.5, 0.6) is 0 Å². The monoisotopic (exact) mass is 183 g/mol. The lowest BCUT2D eigenvalue weighted by atomic mass is 10.2. The van der Waals surface area contributed by atoms with Crippen LogP contribution in [0.15, 0.2) is 11.6 Å². The van der Waals surface area contributed by atoms with Crippen LogP contribution >= 0.6 is 11.5 Å². The zero-order chi connectivity index (χ0) is 9.14. The fourth-order valence-electron chi connectivity index (χ4n) is 0.726. The van der Waals surface area contributed by atoms with Crippen LogP contribution in [0.3, 0.4) is 0 Å². The largest absolute Gasteiger partial charge is 0.478 e. The summed E-state index contributed by atoms with van der Waals surface area (Å²) in [7, 11) is 0. The summed E-state index contributed by atoms with van der Waals surface area (Å²) in [5.74, 6) is -0.888. The Morgan fingerprint density at radius 3 is 2.83 bits per heavy atom. The second-order valence-electron chi connectivity index (χ2n) is 2.50. The molecule has 12 heavy (non-hydrogen) atoms. The molecule has 0 spiro atoms. The van der Waals surface area contributed by atoms with Crippen molar-refractivity contribution in [3.63, 3.8) is 0 Å². The molecule has 3 nitrogen and oxygen atoms in total. The first-order valence-corrected chi connectivity index (χ1v) is 4.22. The zero-order valence-electron chi connectivity index (χ0n) is 6.87. The molecule has 1 heterocycles. The Balaban J connectivity index is 2.87. The van der Waals surface area contributed by atoms with Gasteiger partial charge in [-0.05, 0) is 37.5 Å². The third-order valence-electron chi connectivity index (χ3n) is 1.34. The van der Waals surface area contributed by atoms with Gasteiger partial charge in [-0.1, -0.05) is 0 Å². The van der Waals surface area contributed by atoms with Gasteiger partial charge in [0.1, 0.15) is 0 Å². The Kier molecular flexibility index (Phi) is 2.60. The number of carboxylic acids is 1. The maximum Gasteiger partial charge on any atom is 0.331 e. The second kappa shape index (κ2) is 3.49. The molecule has 0 aliphatic heterocycles. The van der Waals surface area contributed by atoms with Gasteiger partial charge in [-0.15, -0.1) is 0 Å². The molecule has 0 radical (unpaired) electrons. The molecular formula is C8H9NO2S. The number of carbonyl (C=O) groups is 1. The maximum atomic E-state index is 10.4. The Bertz CT molecular complexity index is 328. The quantitative estimate of drug-likeness (QED) is 0.713. The van der Waals surface area contributed by atoms with Crippen LogP contribution < -0.4 is 0 Å². The number of aryl methyl sites for hydroxylation is 1. The van der Waals surface area contributed by atoms with E-state index in [-0.39, 0.29) is 0 Å². The number of aliphatic carboxylic acids is 1. The van der Waals surface area contributed by atoms with Crippen molar-refractivity contribution < 1.29 is 9.90 Å². The molecule has 0 fully saturated rings. The second-order valence-corrected chi connectivity index (χ2v) is 3.34. The van der Waals surface area contributed by atoms with Crippen LogP contribution in [0.25, 0.3) is 6.08 Å². The van der Waals surface area contributed by atoms with Crippen molar-refractivity contribution in [3.05, 3.63) is 22.2 Å². The third-order valence-corrected chi connectivity index (χ3v) is 2.17. The van der Waals surface area contributed by atoms with Crippen LogP contribution in [0.4, 0.5) is 0 Å². The molecule has 1 aromatic rings. The predicted molar refractivity (Wildman–Crippen MR) is 48.1 cm³/mol. The van der Waals surface area contributed by atoms with E-state index in [1.165, 1.54) is 11.5 Å². The summed E-state index contributed by atoms with van der Waals surface area (Å²) in [5, 5.41) is 8.57. The molecule has 0 atom stereocenters. The van der Waals surface area contributed by atoms with Crippen LogP contribution in [0.1, 0.15) is 17.5 Å². The molecule has 0 saturated carbocycles. The van der Waals surface area contributed by atoms with Crippen molar-refractivity contribution in [1.82, 2.24) is 4.37 Å². The summed E-state index contributed by atoms with van der Waals surface area (Å²) in [6.07, 6.45) is 1.62. The molecule has 1 rings (SSSR count). The highest BCUT2D eigenvalue weighted by molar-refractivity contribution is 7.06. The SMILES string of the molecule is CC(=Cc1cc(C)ns1)C(=O)O. The van der Waals surface area contributed by atoms with E-state index in [2.05, 4.69) is 4.37 Å². The Morgan fingerprint density at radius 2 is 2.42 bits per heavy atom. The first-order chi connectivity index (χ1) is 5.59. The molecule has 0 saturated heterocycles.